The molecule has 0 heterocycles. The summed E-state index contributed by atoms with van der Waals surface area (Å²) in [4.78, 5) is 11.8. The number of methoxy groups -OCH3 is 3. The Bertz CT molecular complexity index is 686. The standard InChI is InChI=1S/C17H19NO4S/c1-20-14-9-8-13(16(21-2)17(14)22-3)11-4-6-12(7-5-11)23-10-15(18)19/h4-9H,10H2,1-3H3,(H2,18,19). The van der Waals surface area contributed by atoms with E-state index in [9.17, 15) is 4.79 Å². The lowest BCUT2D eigenvalue weighted by atomic mass is 10.0. The maximum absolute atomic E-state index is 10.8. The molecule has 2 aromatic rings. The number of primary amides is 1. The molecule has 0 aromatic heterocycles. The van der Waals surface area contributed by atoms with Crippen molar-refractivity contribution in [1.29, 1.82) is 0 Å². The summed E-state index contributed by atoms with van der Waals surface area (Å²) in [5, 5.41) is 0. The van der Waals surface area contributed by atoms with Gasteiger partial charge in [-0.15, -0.1) is 11.8 Å². The van der Waals surface area contributed by atoms with Crippen LogP contribution in [0.5, 0.6) is 17.2 Å². The molecule has 0 saturated carbocycles. The molecule has 2 rings (SSSR count). The van der Waals surface area contributed by atoms with E-state index in [2.05, 4.69) is 0 Å². The molecule has 0 bridgehead atoms. The van der Waals surface area contributed by atoms with Crippen LogP contribution in [0.2, 0.25) is 0 Å². The van der Waals surface area contributed by atoms with Gasteiger partial charge in [-0.3, -0.25) is 4.79 Å². The first-order valence-electron chi connectivity index (χ1n) is 6.91. The third kappa shape index (κ3) is 3.90. The van der Waals surface area contributed by atoms with Crippen molar-refractivity contribution in [3.05, 3.63) is 36.4 Å². The van der Waals surface area contributed by atoms with Crippen LogP contribution in [-0.4, -0.2) is 33.0 Å². The molecular weight excluding hydrogens is 314 g/mol. The van der Waals surface area contributed by atoms with Gasteiger partial charge >= 0.3 is 0 Å². The van der Waals surface area contributed by atoms with Gasteiger partial charge in [-0.2, -0.15) is 0 Å². The van der Waals surface area contributed by atoms with Gasteiger partial charge in [-0.1, -0.05) is 12.1 Å². The molecule has 0 aliphatic heterocycles. The number of benzene rings is 2. The van der Waals surface area contributed by atoms with Crippen LogP contribution in [-0.2, 0) is 4.79 Å². The molecule has 0 aliphatic carbocycles. The van der Waals surface area contributed by atoms with Crippen LogP contribution in [0.4, 0.5) is 0 Å². The number of hydrogen-bond acceptors (Lipinski definition) is 5. The van der Waals surface area contributed by atoms with Gasteiger partial charge in [0.25, 0.3) is 0 Å². The Morgan fingerprint density at radius 2 is 1.61 bits per heavy atom. The smallest absolute Gasteiger partial charge is 0.227 e. The number of nitrogens with two attached hydrogens (primary N) is 1. The Morgan fingerprint density at radius 3 is 2.13 bits per heavy atom. The molecule has 23 heavy (non-hydrogen) atoms. The van der Waals surface area contributed by atoms with Crippen molar-refractivity contribution in [1.82, 2.24) is 0 Å². The third-order valence-corrected chi connectivity index (χ3v) is 4.28. The predicted molar refractivity (Wildman–Crippen MR) is 91.5 cm³/mol. The van der Waals surface area contributed by atoms with Gasteiger partial charge in [0.15, 0.2) is 11.5 Å². The monoisotopic (exact) mass is 333 g/mol. The molecule has 0 fully saturated rings. The number of amides is 1. The normalized spacial score (nSPS) is 10.2. The van der Waals surface area contributed by atoms with E-state index in [1.165, 1.54) is 11.8 Å². The minimum atomic E-state index is -0.333. The molecule has 0 radical (unpaired) electrons. The van der Waals surface area contributed by atoms with Crippen LogP contribution in [0.25, 0.3) is 11.1 Å². The molecule has 0 unspecified atom stereocenters. The SMILES string of the molecule is COc1ccc(-c2ccc(SCC(N)=O)cc2)c(OC)c1OC. The van der Waals surface area contributed by atoms with Gasteiger partial charge in [0.2, 0.25) is 11.7 Å². The molecule has 0 saturated heterocycles. The highest BCUT2D eigenvalue weighted by molar-refractivity contribution is 8.00. The van der Waals surface area contributed by atoms with E-state index in [0.29, 0.717) is 17.2 Å². The van der Waals surface area contributed by atoms with E-state index in [-0.39, 0.29) is 11.7 Å². The summed E-state index contributed by atoms with van der Waals surface area (Å²) in [5.74, 6) is 1.71. The largest absolute Gasteiger partial charge is 0.493 e. The molecular formula is C17H19NO4S. The molecule has 6 heteroatoms. The van der Waals surface area contributed by atoms with E-state index in [0.717, 1.165) is 16.0 Å². The molecule has 0 atom stereocenters. The second kappa shape index (κ2) is 7.78. The maximum Gasteiger partial charge on any atom is 0.227 e. The van der Waals surface area contributed by atoms with E-state index in [1.807, 2.05) is 36.4 Å². The highest BCUT2D eigenvalue weighted by Gasteiger charge is 2.16. The van der Waals surface area contributed by atoms with Crippen LogP contribution >= 0.6 is 11.8 Å². The zero-order valence-electron chi connectivity index (χ0n) is 13.3. The van der Waals surface area contributed by atoms with Gasteiger partial charge in [-0.25, -0.2) is 0 Å². The molecule has 0 aliphatic rings. The highest BCUT2D eigenvalue weighted by atomic mass is 32.2. The summed E-state index contributed by atoms with van der Waals surface area (Å²) in [5.41, 5.74) is 7.03. The Balaban J connectivity index is 2.36. The van der Waals surface area contributed by atoms with Crippen molar-refractivity contribution in [2.75, 3.05) is 27.1 Å². The number of ether oxygens (including phenoxy) is 3. The second-order valence-corrected chi connectivity index (χ2v) is 5.71. The van der Waals surface area contributed by atoms with Crippen molar-refractivity contribution in [2.24, 2.45) is 5.73 Å². The van der Waals surface area contributed by atoms with Crippen molar-refractivity contribution in [3.8, 4) is 28.4 Å². The van der Waals surface area contributed by atoms with Gasteiger partial charge in [0, 0.05) is 10.5 Å². The number of hydrogen-bond donors (Lipinski definition) is 1. The molecule has 122 valence electrons. The molecule has 2 N–H and O–H groups in total. The van der Waals surface area contributed by atoms with Gasteiger partial charge in [0.05, 0.1) is 27.1 Å². The van der Waals surface area contributed by atoms with Gasteiger partial charge < -0.3 is 19.9 Å². The van der Waals surface area contributed by atoms with E-state index >= 15 is 0 Å². The summed E-state index contributed by atoms with van der Waals surface area (Å²) in [6.45, 7) is 0. The molecule has 2 aromatic carbocycles. The zero-order valence-corrected chi connectivity index (χ0v) is 14.1. The molecule has 0 spiro atoms. The number of thioether (sulfide) groups is 1. The van der Waals surface area contributed by atoms with Gasteiger partial charge in [0.1, 0.15) is 0 Å². The van der Waals surface area contributed by atoms with Crippen molar-refractivity contribution in [2.45, 2.75) is 4.90 Å². The van der Waals surface area contributed by atoms with E-state index < -0.39 is 0 Å². The van der Waals surface area contributed by atoms with Gasteiger partial charge in [-0.05, 0) is 29.8 Å². The minimum Gasteiger partial charge on any atom is -0.493 e. The highest BCUT2D eigenvalue weighted by Crippen LogP contribution is 2.44. The summed E-state index contributed by atoms with van der Waals surface area (Å²) < 4.78 is 16.2. The first-order valence-corrected chi connectivity index (χ1v) is 7.89. The van der Waals surface area contributed by atoms with E-state index in [4.69, 9.17) is 19.9 Å². The lowest BCUT2D eigenvalue weighted by Crippen LogP contribution is -2.12. The molecule has 5 nitrogen and oxygen atoms in total. The van der Waals surface area contributed by atoms with Crippen LogP contribution in [0, 0.1) is 0 Å². The van der Waals surface area contributed by atoms with Crippen LogP contribution in [0.3, 0.4) is 0 Å². The second-order valence-electron chi connectivity index (χ2n) is 4.66. The fourth-order valence-corrected chi connectivity index (χ4v) is 2.85. The lowest BCUT2D eigenvalue weighted by Gasteiger charge is -2.16. The number of rotatable bonds is 7. The van der Waals surface area contributed by atoms with Crippen molar-refractivity contribution < 1.29 is 19.0 Å². The Kier molecular flexibility index (Phi) is 5.76. The average Bonchev–Trinajstić information content (AvgIpc) is 2.58. The first kappa shape index (κ1) is 17.0. The summed E-state index contributed by atoms with van der Waals surface area (Å²) >= 11 is 1.41. The maximum atomic E-state index is 10.8. The average molecular weight is 333 g/mol. The third-order valence-electron chi connectivity index (χ3n) is 3.25. The molecule has 1 amide bonds. The summed E-state index contributed by atoms with van der Waals surface area (Å²) in [6, 6.07) is 11.6. The van der Waals surface area contributed by atoms with Crippen molar-refractivity contribution >= 4 is 17.7 Å². The fraction of sp³-hybridized carbons (Fsp3) is 0.235. The Labute approximate surface area is 139 Å². The van der Waals surface area contributed by atoms with Crippen LogP contribution in [0.1, 0.15) is 0 Å². The topological polar surface area (TPSA) is 70.8 Å². The van der Waals surface area contributed by atoms with Crippen molar-refractivity contribution in [3.63, 3.8) is 0 Å². The summed E-state index contributed by atoms with van der Waals surface area (Å²) in [7, 11) is 4.76. The Hall–Kier alpha value is -2.34. The number of carbonyl (C=O) groups excluding carboxylic acids is 1. The lowest BCUT2D eigenvalue weighted by molar-refractivity contribution is -0.115. The zero-order chi connectivity index (χ0) is 16.8. The van der Waals surface area contributed by atoms with E-state index in [1.54, 1.807) is 21.3 Å². The Morgan fingerprint density at radius 1 is 0.957 bits per heavy atom. The summed E-state index contributed by atoms with van der Waals surface area (Å²) in [6.07, 6.45) is 0. The first-order chi connectivity index (χ1) is 11.1. The minimum absolute atomic E-state index is 0.263. The quantitative estimate of drug-likeness (QED) is 0.789. The van der Waals surface area contributed by atoms with Crippen LogP contribution in [0.15, 0.2) is 41.3 Å². The number of carbonyl (C=O) groups is 1. The van der Waals surface area contributed by atoms with Crippen LogP contribution < -0.4 is 19.9 Å². The predicted octanol–water partition coefficient (Wildman–Crippen LogP) is 2.96. The fourth-order valence-electron chi connectivity index (χ4n) is 2.21.